The molecule has 1 aromatic carbocycles. The third-order valence-corrected chi connectivity index (χ3v) is 4.50. The van der Waals surface area contributed by atoms with Gasteiger partial charge in [-0.2, -0.15) is 4.98 Å². The molecule has 8 heteroatoms. The lowest BCUT2D eigenvalue weighted by Crippen LogP contribution is -2.00. The SMILES string of the molecule is CCOP(=O)(Cc1noc(-c2cccc(F)c2)n1)OCC. The van der Waals surface area contributed by atoms with Crippen LogP contribution in [0.15, 0.2) is 28.8 Å². The highest BCUT2D eigenvalue weighted by Gasteiger charge is 2.27. The van der Waals surface area contributed by atoms with Crippen LogP contribution in [0.5, 0.6) is 0 Å². The Hall–Kier alpha value is -1.56. The average Bonchev–Trinajstić information content (AvgIpc) is 2.87. The standard InChI is InChI=1S/C13H16FN2O4P/c1-3-18-21(17,19-4-2)9-12-15-13(20-16-12)10-6-5-7-11(14)8-10/h5-8H,3-4,9H2,1-2H3. The van der Waals surface area contributed by atoms with Crippen LogP contribution in [0, 0.1) is 5.82 Å². The van der Waals surface area contributed by atoms with Crippen molar-refractivity contribution in [1.82, 2.24) is 10.1 Å². The van der Waals surface area contributed by atoms with Crippen molar-refractivity contribution in [1.29, 1.82) is 0 Å². The van der Waals surface area contributed by atoms with E-state index in [0.29, 0.717) is 5.56 Å². The highest BCUT2D eigenvalue weighted by molar-refractivity contribution is 7.53. The van der Waals surface area contributed by atoms with E-state index in [1.807, 2.05) is 0 Å². The van der Waals surface area contributed by atoms with Crippen molar-refractivity contribution in [2.45, 2.75) is 20.0 Å². The maximum atomic E-state index is 13.2. The Bertz CT molecular complexity index is 637. The van der Waals surface area contributed by atoms with Gasteiger partial charge in [-0.3, -0.25) is 4.57 Å². The molecule has 6 nitrogen and oxygen atoms in total. The molecule has 0 aliphatic rings. The molecule has 0 atom stereocenters. The van der Waals surface area contributed by atoms with Gasteiger partial charge in [0.2, 0.25) is 0 Å². The molecule has 0 fully saturated rings. The minimum atomic E-state index is -3.29. The lowest BCUT2D eigenvalue weighted by molar-refractivity contribution is 0.218. The fraction of sp³-hybridized carbons (Fsp3) is 0.385. The van der Waals surface area contributed by atoms with E-state index in [1.165, 1.54) is 12.1 Å². The second kappa shape index (κ2) is 6.93. The van der Waals surface area contributed by atoms with Gasteiger partial charge < -0.3 is 13.6 Å². The molecule has 0 bridgehead atoms. The Morgan fingerprint density at radius 2 is 2.00 bits per heavy atom. The normalized spacial score (nSPS) is 11.8. The second-order valence-electron chi connectivity index (χ2n) is 4.13. The van der Waals surface area contributed by atoms with E-state index in [0.717, 1.165) is 0 Å². The summed E-state index contributed by atoms with van der Waals surface area (Å²) in [5.74, 6) is -0.0508. The molecule has 0 unspecified atom stereocenters. The van der Waals surface area contributed by atoms with Gasteiger partial charge in [0.05, 0.1) is 13.2 Å². The quantitative estimate of drug-likeness (QED) is 0.726. The van der Waals surface area contributed by atoms with Gasteiger partial charge in [-0.1, -0.05) is 11.2 Å². The Kier molecular flexibility index (Phi) is 5.22. The molecule has 0 N–H and O–H groups in total. The van der Waals surface area contributed by atoms with E-state index in [9.17, 15) is 8.96 Å². The summed E-state index contributed by atoms with van der Waals surface area (Å²) in [6, 6.07) is 5.78. The lowest BCUT2D eigenvalue weighted by Gasteiger charge is -2.14. The molecule has 2 rings (SSSR count). The minimum absolute atomic E-state index is 0.0898. The summed E-state index contributed by atoms with van der Waals surface area (Å²) in [5.41, 5.74) is 0.455. The van der Waals surface area contributed by atoms with Crippen LogP contribution in [0.1, 0.15) is 19.7 Å². The fourth-order valence-electron chi connectivity index (χ4n) is 1.75. The first-order valence-electron chi connectivity index (χ1n) is 6.53. The molecule has 2 aromatic rings. The van der Waals surface area contributed by atoms with Gasteiger partial charge in [0.15, 0.2) is 5.82 Å². The predicted molar refractivity (Wildman–Crippen MR) is 74.3 cm³/mol. The van der Waals surface area contributed by atoms with Gasteiger partial charge in [-0.25, -0.2) is 4.39 Å². The van der Waals surface area contributed by atoms with Crippen molar-refractivity contribution in [3.8, 4) is 11.5 Å². The zero-order valence-electron chi connectivity index (χ0n) is 11.8. The van der Waals surface area contributed by atoms with Crippen molar-refractivity contribution in [2.24, 2.45) is 0 Å². The topological polar surface area (TPSA) is 74.5 Å². The monoisotopic (exact) mass is 314 g/mol. The summed E-state index contributed by atoms with van der Waals surface area (Å²) >= 11 is 0. The van der Waals surface area contributed by atoms with Crippen molar-refractivity contribution < 1.29 is 22.5 Å². The molecule has 0 saturated carbocycles. The van der Waals surface area contributed by atoms with Gasteiger partial charge in [-0.15, -0.1) is 0 Å². The first kappa shape index (κ1) is 15.8. The van der Waals surface area contributed by atoms with Crippen LogP contribution in [0.2, 0.25) is 0 Å². The molecule has 0 spiro atoms. The van der Waals surface area contributed by atoms with Crippen molar-refractivity contribution >= 4 is 7.60 Å². The van der Waals surface area contributed by atoms with E-state index < -0.39 is 13.4 Å². The number of benzene rings is 1. The summed E-state index contributed by atoms with van der Waals surface area (Å²) < 4.78 is 40.9. The van der Waals surface area contributed by atoms with E-state index in [-0.39, 0.29) is 31.1 Å². The smallest absolute Gasteiger partial charge is 0.334 e. The van der Waals surface area contributed by atoms with Crippen LogP contribution >= 0.6 is 7.60 Å². The van der Waals surface area contributed by atoms with Crippen molar-refractivity contribution in [3.05, 3.63) is 35.9 Å². The maximum absolute atomic E-state index is 13.2. The number of halogens is 1. The molecule has 0 amide bonds. The highest BCUT2D eigenvalue weighted by atomic mass is 31.2. The zero-order chi connectivity index (χ0) is 15.3. The maximum Gasteiger partial charge on any atom is 0.338 e. The first-order chi connectivity index (χ1) is 10.1. The van der Waals surface area contributed by atoms with Gasteiger partial charge in [-0.05, 0) is 32.0 Å². The van der Waals surface area contributed by atoms with Crippen molar-refractivity contribution in [2.75, 3.05) is 13.2 Å². The van der Waals surface area contributed by atoms with Gasteiger partial charge in [0, 0.05) is 5.56 Å². The van der Waals surface area contributed by atoms with Gasteiger partial charge in [0.25, 0.3) is 5.89 Å². The average molecular weight is 314 g/mol. The summed E-state index contributed by atoms with van der Waals surface area (Å²) in [5, 5.41) is 3.73. The van der Waals surface area contributed by atoms with Crippen LogP contribution in [0.3, 0.4) is 0 Å². The molecule has 0 aliphatic carbocycles. The van der Waals surface area contributed by atoms with Crippen LogP contribution in [-0.4, -0.2) is 23.4 Å². The molecule has 0 saturated heterocycles. The molecule has 0 aliphatic heterocycles. The molecule has 114 valence electrons. The summed E-state index contributed by atoms with van der Waals surface area (Å²) in [6.45, 7) is 3.96. The zero-order valence-corrected chi connectivity index (χ0v) is 12.7. The van der Waals surface area contributed by atoms with Crippen LogP contribution in [0.4, 0.5) is 4.39 Å². The second-order valence-corrected chi connectivity index (χ2v) is 6.19. The summed E-state index contributed by atoms with van der Waals surface area (Å²) in [4.78, 5) is 4.09. The predicted octanol–water partition coefficient (Wildman–Crippen LogP) is 3.64. The number of hydrogen-bond acceptors (Lipinski definition) is 6. The highest BCUT2D eigenvalue weighted by Crippen LogP contribution is 2.50. The van der Waals surface area contributed by atoms with Gasteiger partial charge >= 0.3 is 7.60 Å². The third-order valence-electron chi connectivity index (χ3n) is 2.53. The van der Waals surface area contributed by atoms with Crippen LogP contribution < -0.4 is 0 Å². The van der Waals surface area contributed by atoms with E-state index in [1.54, 1.807) is 26.0 Å². The number of rotatable bonds is 7. The Morgan fingerprint density at radius 1 is 1.29 bits per heavy atom. The lowest BCUT2D eigenvalue weighted by atomic mass is 10.2. The Labute approximate surface area is 121 Å². The fourth-order valence-corrected chi connectivity index (χ4v) is 3.27. The van der Waals surface area contributed by atoms with Crippen molar-refractivity contribution in [3.63, 3.8) is 0 Å². The molecular formula is C13H16FN2O4P. The molecular weight excluding hydrogens is 298 g/mol. The molecule has 0 radical (unpaired) electrons. The number of nitrogens with zero attached hydrogens (tertiary/aromatic N) is 2. The third kappa shape index (κ3) is 4.20. The van der Waals surface area contributed by atoms with Crippen LogP contribution in [-0.2, 0) is 19.8 Å². The Balaban J connectivity index is 2.18. The van der Waals surface area contributed by atoms with E-state index in [2.05, 4.69) is 10.1 Å². The first-order valence-corrected chi connectivity index (χ1v) is 8.25. The number of hydrogen-bond donors (Lipinski definition) is 0. The van der Waals surface area contributed by atoms with Gasteiger partial charge in [0.1, 0.15) is 12.0 Å². The largest absolute Gasteiger partial charge is 0.338 e. The van der Waals surface area contributed by atoms with Crippen LogP contribution in [0.25, 0.3) is 11.5 Å². The minimum Gasteiger partial charge on any atom is -0.334 e. The Morgan fingerprint density at radius 3 is 2.62 bits per heavy atom. The molecule has 1 aromatic heterocycles. The van der Waals surface area contributed by atoms with E-state index >= 15 is 0 Å². The summed E-state index contributed by atoms with van der Waals surface area (Å²) in [6.07, 6.45) is -0.0898. The molecule has 1 heterocycles. The summed E-state index contributed by atoms with van der Waals surface area (Å²) in [7, 11) is -3.29. The number of aromatic nitrogens is 2. The molecule has 21 heavy (non-hydrogen) atoms. The van der Waals surface area contributed by atoms with E-state index in [4.69, 9.17) is 13.6 Å².